The molecule has 1 heterocycles. The van der Waals surface area contributed by atoms with Crippen LogP contribution in [0.25, 0.3) is 0 Å². The maximum Gasteiger partial charge on any atom is 0.244 e. The number of aromatic nitrogens is 2. The van der Waals surface area contributed by atoms with Crippen LogP contribution in [0.3, 0.4) is 0 Å². The van der Waals surface area contributed by atoms with Gasteiger partial charge in [0.25, 0.3) is 0 Å². The van der Waals surface area contributed by atoms with Gasteiger partial charge in [0.15, 0.2) is 0 Å². The van der Waals surface area contributed by atoms with Crippen LogP contribution in [-0.4, -0.2) is 29.6 Å². The molecule has 2 rings (SSSR count). The smallest absolute Gasteiger partial charge is 0.244 e. The number of rotatable bonds is 4. The summed E-state index contributed by atoms with van der Waals surface area (Å²) in [6.07, 6.45) is 3.46. The van der Waals surface area contributed by atoms with Crippen LogP contribution < -0.4 is 0 Å². The van der Waals surface area contributed by atoms with Gasteiger partial charge < -0.3 is 0 Å². The van der Waals surface area contributed by atoms with E-state index in [4.69, 9.17) is 0 Å². The summed E-state index contributed by atoms with van der Waals surface area (Å²) in [6.45, 7) is 2.21. The molecule has 0 fully saturated rings. The van der Waals surface area contributed by atoms with Gasteiger partial charge in [-0.25, -0.2) is 8.42 Å². The van der Waals surface area contributed by atoms with Crippen molar-refractivity contribution in [1.29, 1.82) is 0 Å². The first-order chi connectivity index (χ1) is 9.30. The van der Waals surface area contributed by atoms with Gasteiger partial charge in [-0.05, 0) is 40.5 Å². The lowest BCUT2D eigenvalue weighted by atomic mass is 10.2. The van der Waals surface area contributed by atoms with Gasteiger partial charge in [-0.2, -0.15) is 9.40 Å². The molecule has 0 saturated carbocycles. The predicted molar refractivity (Wildman–Crippen MR) is 80.7 cm³/mol. The predicted octanol–water partition coefficient (Wildman–Crippen LogP) is 2.31. The van der Waals surface area contributed by atoms with E-state index in [1.54, 1.807) is 49.4 Å². The molecule has 20 heavy (non-hydrogen) atoms. The van der Waals surface area contributed by atoms with Gasteiger partial charge in [0.2, 0.25) is 10.0 Å². The van der Waals surface area contributed by atoms with Crippen molar-refractivity contribution < 1.29 is 8.42 Å². The Balaban J connectivity index is 2.29. The minimum atomic E-state index is -3.53. The van der Waals surface area contributed by atoms with Crippen molar-refractivity contribution in [2.75, 3.05) is 7.05 Å². The van der Waals surface area contributed by atoms with Crippen molar-refractivity contribution in [2.45, 2.75) is 18.4 Å². The summed E-state index contributed by atoms with van der Waals surface area (Å²) in [4.78, 5) is 0.273. The molecule has 0 aliphatic heterocycles. The summed E-state index contributed by atoms with van der Waals surface area (Å²) < 4.78 is 28.6. The van der Waals surface area contributed by atoms with Gasteiger partial charge in [-0.1, -0.05) is 6.07 Å². The molecule has 0 aliphatic carbocycles. The Morgan fingerprint density at radius 2 is 2.10 bits per heavy atom. The highest BCUT2D eigenvalue weighted by atomic mass is 79.9. The average molecular weight is 358 g/mol. The Hall–Kier alpha value is -1.18. The molecule has 0 radical (unpaired) electrons. The summed E-state index contributed by atoms with van der Waals surface area (Å²) in [5.41, 5.74) is 1.85. The van der Waals surface area contributed by atoms with Gasteiger partial charge in [0.05, 0.1) is 11.1 Å². The lowest BCUT2D eigenvalue weighted by molar-refractivity contribution is 0.466. The number of benzene rings is 1. The number of nitrogens with zero attached hydrogens (tertiary/aromatic N) is 3. The van der Waals surface area contributed by atoms with Crippen LogP contribution in [0.1, 0.15) is 11.1 Å². The zero-order valence-corrected chi connectivity index (χ0v) is 13.9. The van der Waals surface area contributed by atoms with Crippen LogP contribution in [0.5, 0.6) is 0 Å². The van der Waals surface area contributed by atoms with E-state index >= 15 is 0 Å². The van der Waals surface area contributed by atoms with E-state index in [0.717, 1.165) is 11.1 Å². The van der Waals surface area contributed by atoms with Crippen LogP contribution in [0, 0.1) is 6.92 Å². The maximum absolute atomic E-state index is 12.5. The van der Waals surface area contributed by atoms with Gasteiger partial charge in [0, 0.05) is 36.9 Å². The summed E-state index contributed by atoms with van der Waals surface area (Å²) in [5.74, 6) is 0. The normalized spacial score (nSPS) is 12.1. The van der Waals surface area contributed by atoms with E-state index in [2.05, 4.69) is 21.0 Å². The van der Waals surface area contributed by atoms with Crippen LogP contribution in [0.2, 0.25) is 0 Å². The van der Waals surface area contributed by atoms with Crippen molar-refractivity contribution in [3.63, 3.8) is 0 Å². The molecular weight excluding hydrogens is 342 g/mol. The molecule has 0 N–H and O–H groups in total. The molecule has 108 valence electrons. The molecule has 0 saturated heterocycles. The summed E-state index contributed by atoms with van der Waals surface area (Å²) in [5, 5.41) is 4.04. The molecule has 1 aromatic heterocycles. The van der Waals surface area contributed by atoms with Crippen molar-refractivity contribution in [3.05, 3.63) is 46.2 Å². The lowest BCUT2D eigenvalue weighted by Crippen LogP contribution is -2.26. The summed E-state index contributed by atoms with van der Waals surface area (Å²) >= 11 is 3.32. The Kier molecular flexibility index (Phi) is 4.31. The number of sulfonamides is 1. The lowest BCUT2D eigenvalue weighted by Gasteiger charge is -2.17. The standard InChI is InChI=1S/C13H16BrN3O2S/c1-10-4-5-13(12(14)6-10)20(18,19)17(3)9-11-7-15-16(2)8-11/h4-8H,9H2,1-3H3. The van der Waals surface area contributed by atoms with E-state index < -0.39 is 10.0 Å². The Morgan fingerprint density at radius 1 is 1.40 bits per heavy atom. The van der Waals surface area contributed by atoms with Gasteiger partial charge in [-0.15, -0.1) is 0 Å². The van der Waals surface area contributed by atoms with Gasteiger partial charge in [-0.3, -0.25) is 4.68 Å². The van der Waals surface area contributed by atoms with Crippen molar-refractivity contribution in [3.8, 4) is 0 Å². The zero-order valence-electron chi connectivity index (χ0n) is 11.5. The number of hydrogen-bond donors (Lipinski definition) is 0. The molecule has 7 heteroatoms. The molecule has 5 nitrogen and oxygen atoms in total. The fourth-order valence-electron chi connectivity index (χ4n) is 1.88. The molecular formula is C13H16BrN3O2S. The largest absolute Gasteiger partial charge is 0.275 e. The maximum atomic E-state index is 12.5. The second-order valence-electron chi connectivity index (χ2n) is 4.72. The van der Waals surface area contributed by atoms with E-state index in [9.17, 15) is 8.42 Å². The van der Waals surface area contributed by atoms with E-state index in [1.165, 1.54) is 4.31 Å². The topological polar surface area (TPSA) is 55.2 Å². The van der Waals surface area contributed by atoms with E-state index in [-0.39, 0.29) is 11.4 Å². The molecule has 0 aliphatic rings. The van der Waals surface area contributed by atoms with Gasteiger partial charge in [0.1, 0.15) is 0 Å². The second-order valence-corrected chi connectivity index (χ2v) is 7.58. The Labute approximate surface area is 127 Å². The highest BCUT2D eigenvalue weighted by Gasteiger charge is 2.23. The van der Waals surface area contributed by atoms with Crippen molar-refractivity contribution in [2.24, 2.45) is 7.05 Å². The van der Waals surface area contributed by atoms with Crippen LogP contribution in [-0.2, 0) is 23.6 Å². The van der Waals surface area contributed by atoms with Crippen molar-refractivity contribution in [1.82, 2.24) is 14.1 Å². The summed E-state index contributed by atoms with van der Waals surface area (Å²) in [7, 11) is -0.162. The Bertz CT molecular complexity index is 725. The zero-order chi connectivity index (χ0) is 14.9. The molecule has 0 bridgehead atoms. The third kappa shape index (κ3) is 3.11. The number of aryl methyl sites for hydroxylation is 2. The SMILES string of the molecule is Cc1ccc(S(=O)(=O)N(C)Cc2cnn(C)c2)c(Br)c1. The van der Waals surface area contributed by atoms with E-state index in [0.29, 0.717) is 4.47 Å². The first kappa shape index (κ1) is 15.2. The van der Waals surface area contributed by atoms with Crippen LogP contribution >= 0.6 is 15.9 Å². The molecule has 0 spiro atoms. The van der Waals surface area contributed by atoms with Crippen LogP contribution in [0.15, 0.2) is 40.0 Å². The minimum Gasteiger partial charge on any atom is -0.275 e. The van der Waals surface area contributed by atoms with Crippen molar-refractivity contribution >= 4 is 26.0 Å². The minimum absolute atomic E-state index is 0.273. The third-order valence-electron chi connectivity index (χ3n) is 2.94. The first-order valence-corrected chi connectivity index (χ1v) is 8.24. The van der Waals surface area contributed by atoms with Crippen LogP contribution in [0.4, 0.5) is 0 Å². The summed E-state index contributed by atoms with van der Waals surface area (Å²) in [6, 6.07) is 5.20. The van der Waals surface area contributed by atoms with E-state index in [1.807, 2.05) is 6.92 Å². The fourth-order valence-corrected chi connectivity index (χ4v) is 4.19. The quantitative estimate of drug-likeness (QED) is 0.843. The third-order valence-corrected chi connectivity index (χ3v) is 5.72. The van der Waals surface area contributed by atoms with Gasteiger partial charge >= 0.3 is 0 Å². The molecule has 1 aromatic carbocycles. The molecule has 0 atom stereocenters. The second kappa shape index (κ2) is 5.67. The first-order valence-electron chi connectivity index (χ1n) is 6.01. The molecule has 0 amide bonds. The molecule has 0 unspecified atom stereocenters. The number of halogens is 1. The molecule has 2 aromatic rings. The Morgan fingerprint density at radius 3 is 2.65 bits per heavy atom. The highest BCUT2D eigenvalue weighted by Crippen LogP contribution is 2.26. The fraction of sp³-hybridized carbons (Fsp3) is 0.308. The monoisotopic (exact) mass is 357 g/mol. The highest BCUT2D eigenvalue weighted by molar-refractivity contribution is 9.10. The average Bonchev–Trinajstić information content (AvgIpc) is 2.74. The number of hydrogen-bond acceptors (Lipinski definition) is 3.